The first-order valence-corrected chi connectivity index (χ1v) is 10.3. The maximum atomic E-state index is 12.3. The lowest BCUT2D eigenvalue weighted by molar-refractivity contribution is -0.145. The summed E-state index contributed by atoms with van der Waals surface area (Å²) in [4.78, 5) is 32.3. The molecule has 1 saturated carbocycles. The second-order valence-electron chi connectivity index (χ2n) is 7.21. The van der Waals surface area contributed by atoms with Crippen LogP contribution in [-0.2, 0) is 14.3 Å². The zero-order chi connectivity index (χ0) is 21.8. The van der Waals surface area contributed by atoms with Gasteiger partial charge in [0.05, 0.1) is 48.5 Å². The van der Waals surface area contributed by atoms with E-state index in [1.807, 2.05) is 0 Å². The Kier molecular flexibility index (Phi) is 6.48. The van der Waals surface area contributed by atoms with Gasteiger partial charge in [-0.3, -0.25) is 9.59 Å². The van der Waals surface area contributed by atoms with Crippen LogP contribution in [-0.4, -0.2) is 42.4 Å². The smallest absolute Gasteiger partial charge is 0.308 e. The number of methoxy groups -OCH3 is 1. The molecule has 31 heavy (non-hydrogen) atoms. The molecule has 162 valence electrons. The maximum Gasteiger partial charge on any atom is 0.308 e. The number of fused-ring (bicyclic) bond motifs is 1. The number of aromatic nitrogens is 2. The molecule has 8 nitrogen and oxygen atoms in total. The Morgan fingerprint density at radius 3 is 2.87 bits per heavy atom. The van der Waals surface area contributed by atoms with Crippen LogP contribution < -0.4 is 10.2 Å². The molecule has 4 rings (SSSR count). The lowest BCUT2D eigenvalue weighted by Gasteiger charge is -2.12. The summed E-state index contributed by atoms with van der Waals surface area (Å²) in [6, 6.07) is 6.37. The molecule has 0 saturated heterocycles. The van der Waals surface area contributed by atoms with Crippen LogP contribution in [0.5, 0.6) is 5.88 Å². The van der Waals surface area contributed by atoms with Crippen molar-refractivity contribution >= 4 is 28.5 Å². The normalized spacial score (nSPS) is 18.3. The average Bonchev–Trinajstić information content (AvgIpc) is 3.26. The quantitative estimate of drug-likeness (QED) is 0.402. The van der Waals surface area contributed by atoms with E-state index in [2.05, 4.69) is 9.97 Å². The van der Waals surface area contributed by atoms with E-state index in [1.54, 1.807) is 18.2 Å². The lowest BCUT2D eigenvalue weighted by atomic mass is 10.1. The second kappa shape index (κ2) is 9.45. The molecule has 9 heteroatoms. The molecule has 2 atom stereocenters. The van der Waals surface area contributed by atoms with Crippen LogP contribution in [0.15, 0.2) is 45.9 Å². The van der Waals surface area contributed by atoms with Gasteiger partial charge in [-0.2, -0.15) is 0 Å². The third-order valence-electron chi connectivity index (χ3n) is 5.19. The van der Waals surface area contributed by atoms with E-state index < -0.39 is 0 Å². The molecule has 0 radical (unpaired) electrons. The van der Waals surface area contributed by atoms with Gasteiger partial charge >= 0.3 is 5.97 Å². The Morgan fingerprint density at radius 2 is 2.10 bits per heavy atom. The summed E-state index contributed by atoms with van der Waals surface area (Å²) in [7, 11) is 1.40. The van der Waals surface area contributed by atoms with Gasteiger partial charge in [-0.1, -0.05) is 17.7 Å². The van der Waals surface area contributed by atoms with Crippen molar-refractivity contribution in [2.75, 3.05) is 20.3 Å². The molecule has 1 aliphatic carbocycles. The number of esters is 1. The minimum atomic E-state index is -0.209. The fourth-order valence-corrected chi connectivity index (χ4v) is 3.83. The van der Waals surface area contributed by atoms with Gasteiger partial charge < -0.3 is 18.6 Å². The number of halogens is 1. The number of para-hydroxylation sites is 1. The van der Waals surface area contributed by atoms with Crippen molar-refractivity contribution in [2.45, 2.75) is 25.4 Å². The van der Waals surface area contributed by atoms with Gasteiger partial charge in [-0.05, 0) is 31.4 Å². The number of carbonyl (C=O) groups excluding carboxylic acids is 1. The first-order chi connectivity index (χ1) is 15.0. The molecular formula is C22H21ClN2O6. The topological polar surface area (TPSA) is 101 Å². The summed E-state index contributed by atoms with van der Waals surface area (Å²) in [5, 5.41) is 0.758. The molecule has 0 amide bonds. The first-order valence-electron chi connectivity index (χ1n) is 9.92. The molecular weight excluding hydrogens is 424 g/mol. The third kappa shape index (κ3) is 4.86. The Hall–Kier alpha value is -2.97. The van der Waals surface area contributed by atoms with Crippen molar-refractivity contribution in [3.05, 3.63) is 51.9 Å². The number of hydrogen-bond acceptors (Lipinski definition) is 8. The maximum absolute atomic E-state index is 12.3. The predicted molar refractivity (Wildman–Crippen MR) is 113 cm³/mol. The van der Waals surface area contributed by atoms with Gasteiger partial charge in [0.15, 0.2) is 16.8 Å². The summed E-state index contributed by atoms with van der Waals surface area (Å²) in [5.41, 5.74) is 0.494. The van der Waals surface area contributed by atoms with Crippen molar-refractivity contribution in [1.82, 2.24) is 9.97 Å². The molecule has 1 fully saturated rings. The van der Waals surface area contributed by atoms with Crippen molar-refractivity contribution < 1.29 is 23.4 Å². The van der Waals surface area contributed by atoms with Gasteiger partial charge in [0.1, 0.15) is 12.3 Å². The number of ether oxygens (including phenoxy) is 3. The predicted octanol–water partition coefficient (Wildman–Crippen LogP) is 3.64. The zero-order valence-corrected chi connectivity index (χ0v) is 17.6. The number of nitrogens with zero attached hydrogens (tertiary/aromatic N) is 2. The zero-order valence-electron chi connectivity index (χ0n) is 16.9. The van der Waals surface area contributed by atoms with Gasteiger partial charge in [0.2, 0.25) is 5.88 Å². The van der Waals surface area contributed by atoms with Crippen molar-refractivity contribution in [3.8, 4) is 17.3 Å². The van der Waals surface area contributed by atoms with Gasteiger partial charge in [-0.25, -0.2) is 9.97 Å². The van der Waals surface area contributed by atoms with Crippen LogP contribution in [0.3, 0.4) is 0 Å². The van der Waals surface area contributed by atoms with E-state index in [0.29, 0.717) is 47.2 Å². The Labute approximate surface area is 183 Å². The van der Waals surface area contributed by atoms with Crippen LogP contribution in [0.2, 0.25) is 5.02 Å². The largest absolute Gasteiger partial charge is 0.474 e. The molecule has 1 aromatic carbocycles. The van der Waals surface area contributed by atoms with Crippen molar-refractivity contribution in [1.29, 1.82) is 0 Å². The van der Waals surface area contributed by atoms with Crippen molar-refractivity contribution in [2.24, 2.45) is 5.92 Å². The highest BCUT2D eigenvalue weighted by atomic mass is 35.5. The van der Waals surface area contributed by atoms with E-state index in [0.717, 1.165) is 12.8 Å². The van der Waals surface area contributed by atoms with Crippen LogP contribution >= 0.6 is 11.6 Å². The van der Waals surface area contributed by atoms with Crippen LogP contribution in [0, 0.1) is 5.92 Å². The minimum absolute atomic E-state index is 0.0313. The molecule has 0 aliphatic heterocycles. The van der Waals surface area contributed by atoms with E-state index >= 15 is 0 Å². The van der Waals surface area contributed by atoms with Crippen LogP contribution in [0.1, 0.15) is 19.3 Å². The fraction of sp³-hybridized carbons (Fsp3) is 0.364. The molecule has 0 N–H and O–H groups in total. The summed E-state index contributed by atoms with van der Waals surface area (Å²) < 4.78 is 21.9. The first kappa shape index (κ1) is 21.3. The van der Waals surface area contributed by atoms with E-state index in [1.165, 1.54) is 25.6 Å². The monoisotopic (exact) mass is 444 g/mol. The molecule has 1 aliphatic rings. The molecule has 2 heterocycles. The Morgan fingerprint density at radius 1 is 1.23 bits per heavy atom. The number of hydrogen-bond donors (Lipinski definition) is 0. The summed E-state index contributed by atoms with van der Waals surface area (Å²) in [5.74, 6) is 0.336. The van der Waals surface area contributed by atoms with Gasteiger partial charge in [0, 0.05) is 6.07 Å². The SMILES string of the molecule is COC(=O)[C@@H]1CCC(OCCOc2cnc(-c3cc(=O)c4cccc(Cl)c4o3)cn2)C1. The lowest BCUT2D eigenvalue weighted by Crippen LogP contribution is -2.17. The van der Waals surface area contributed by atoms with Gasteiger partial charge in [0.25, 0.3) is 0 Å². The van der Waals surface area contributed by atoms with E-state index in [9.17, 15) is 9.59 Å². The second-order valence-corrected chi connectivity index (χ2v) is 7.61. The minimum Gasteiger partial charge on any atom is -0.474 e. The number of carbonyl (C=O) groups is 1. The summed E-state index contributed by atoms with van der Waals surface area (Å²) in [6.07, 6.45) is 5.23. The molecule has 1 unspecified atom stereocenters. The van der Waals surface area contributed by atoms with Crippen LogP contribution in [0.25, 0.3) is 22.4 Å². The van der Waals surface area contributed by atoms with E-state index in [-0.39, 0.29) is 29.2 Å². The highest BCUT2D eigenvalue weighted by Gasteiger charge is 2.31. The fourth-order valence-electron chi connectivity index (χ4n) is 3.62. The Balaban J connectivity index is 1.32. The molecule has 3 aromatic rings. The molecule has 0 bridgehead atoms. The average molecular weight is 445 g/mol. The van der Waals surface area contributed by atoms with Crippen molar-refractivity contribution in [3.63, 3.8) is 0 Å². The number of rotatable bonds is 7. The standard InChI is InChI=1S/C22H21ClN2O6/c1-28-22(27)13-5-6-14(9-13)29-7-8-30-20-12-24-17(11-25-20)19-10-18(26)15-3-2-4-16(23)21(15)31-19/h2-4,10-14H,5-9H2,1H3/t13-,14?/m1/s1. The Bertz CT molecular complexity index is 1130. The molecule has 0 spiro atoms. The summed E-state index contributed by atoms with van der Waals surface area (Å²) >= 11 is 6.14. The third-order valence-corrected chi connectivity index (χ3v) is 5.49. The number of benzene rings is 1. The van der Waals surface area contributed by atoms with E-state index in [4.69, 9.17) is 30.2 Å². The summed E-state index contributed by atoms with van der Waals surface area (Å²) in [6.45, 7) is 0.675. The highest BCUT2D eigenvalue weighted by Crippen LogP contribution is 2.29. The van der Waals surface area contributed by atoms with Gasteiger partial charge in [-0.15, -0.1) is 0 Å². The van der Waals surface area contributed by atoms with Crippen LogP contribution in [0.4, 0.5) is 0 Å². The molecule has 2 aromatic heterocycles. The highest BCUT2D eigenvalue weighted by molar-refractivity contribution is 6.34.